The van der Waals surface area contributed by atoms with Gasteiger partial charge in [0.1, 0.15) is 0 Å². The number of hydrogen-bond donors (Lipinski definition) is 2. The SMILES string of the molecule is [2H]C([2H])(O)C([2H])([2H])C([2H])([2H])C([2H])([2H])NC(C)C. The molecule has 0 amide bonds. The first-order valence-corrected chi connectivity index (χ1v) is 2.67. The standard InChI is InChI=1S/C7H17NO/c1-7(2)8-5-3-4-6-9/h7-9H,3-6H2,1-2H3/i3D2,4D2,5D2,6D2. The Bertz CT molecular complexity index is 272. The van der Waals surface area contributed by atoms with Crippen LogP contribution >= 0.6 is 0 Å². The first-order valence-electron chi connectivity index (χ1n) is 6.67. The van der Waals surface area contributed by atoms with Gasteiger partial charge in [0.25, 0.3) is 0 Å². The fraction of sp³-hybridized carbons (Fsp3) is 1.00. The number of aliphatic hydroxyl groups is 1. The highest BCUT2D eigenvalue weighted by atomic mass is 16.2. The topological polar surface area (TPSA) is 32.3 Å². The van der Waals surface area contributed by atoms with Crippen molar-refractivity contribution in [2.45, 2.75) is 32.6 Å². The fourth-order valence-corrected chi connectivity index (χ4v) is 0.240. The van der Waals surface area contributed by atoms with Crippen LogP contribution < -0.4 is 5.32 Å². The molecule has 9 heavy (non-hydrogen) atoms. The Labute approximate surface area is 68.5 Å². The molecule has 0 aliphatic rings. The third kappa shape index (κ3) is 7.92. The minimum atomic E-state index is -3.50. The van der Waals surface area contributed by atoms with E-state index in [-0.39, 0.29) is 0 Å². The molecule has 0 rings (SSSR count). The van der Waals surface area contributed by atoms with Crippen LogP contribution in [-0.2, 0) is 0 Å². The Balaban J connectivity index is 5.39. The van der Waals surface area contributed by atoms with E-state index < -0.39 is 31.8 Å². The van der Waals surface area contributed by atoms with Crippen LogP contribution in [0.3, 0.4) is 0 Å². The quantitative estimate of drug-likeness (QED) is 0.589. The van der Waals surface area contributed by atoms with Gasteiger partial charge < -0.3 is 10.4 Å². The summed E-state index contributed by atoms with van der Waals surface area (Å²) in [7, 11) is 0. The summed E-state index contributed by atoms with van der Waals surface area (Å²) in [6.45, 7) is -3.25. The van der Waals surface area contributed by atoms with E-state index in [1.54, 1.807) is 0 Å². The molecule has 0 fully saturated rings. The van der Waals surface area contributed by atoms with Crippen molar-refractivity contribution in [1.29, 1.82) is 0 Å². The van der Waals surface area contributed by atoms with Crippen LogP contribution in [-0.4, -0.2) is 24.2 Å². The predicted molar refractivity (Wildman–Crippen MR) is 39.5 cm³/mol. The van der Waals surface area contributed by atoms with Crippen LogP contribution in [0.25, 0.3) is 0 Å². The molecule has 0 aliphatic heterocycles. The van der Waals surface area contributed by atoms with Gasteiger partial charge in [0.2, 0.25) is 0 Å². The van der Waals surface area contributed by atoms with Gasteiger partial charge in [-0.1, -0.05) is 13.8 Å². The second kappa shape index (κ2) is 6.05. The molecule has 0 aromatic carbocycles. The normalized spacial score (nSPS) is 30.2. The summed E-state index contributed by atoms with van der Waals surface area (Å²) in [5.41, 5.74) is 0. The summed E-state index contributed by atoms with van der Waals surface area (Å²) >= 11 is 0. The average molecular weight is 139 g/mol. The minimum absolute atomic E-state index is 0.472. The molecule has 2 N–H and O–H groups in total. The molecule has 0 aromatic heterocycles. The number of hydrogen-bond acceptors (Lipinski definition) is 2. The summed E-state index contributed by atoms with van der Waals surface area (Å²) in [5, 5.41) is 11.2. The summed E-state index contributed by atoms with van der Waals surface area (Å²) in [5.74, 6) is 0. The van der Waals surface area contributed by atoms with Crippen molar-refractivity contribution < 1.29 is 16.1 Å². The van der Waals surface area contributed by atoms with Gasteiger partial charge in [-0.2, -0.15) is 0 Å². The zero-order valence-corrected chi connectivity index (χ0v) is 5.52. The average Bonchev–Trinajstić information content (AvgIpc) is 1.98. The highest BCUT2D eigenvalue weighted by Gasteiger charge is 1.89. The van der Waals surface area contributed by atoms with Gasteiger partial charge in [-0.3, -0.25) is 0 Å². The maximum absolute atomic E-state index is 9.00. The van der Waals surface area contributed by atoms with Gasteiger partial charge in [0.15, 0.2) is 0 Å². The summed E-state index contributed by atoms with van der Waals surface area (Å²) in [6, 6.07) is -0.472. The van der Waals surface area contributed by atoms with Gasteiger partial charge in [-0.15, -0.1) is 0 Å². The first-order chi connectivity index (χ1) is 7.17. The zero-order chi connectivity index (χ0) is 14.3. The molecular weight excluding hydrogens is 114 g/mol. The fourth-order valence-electron chi connectivity index (χ4n) is 0.240. The number of nitrogens with one attached hydrogen (secondary N) is 1. The van der Waals surface area contributed by atoms with Crippen molar-refractivity contribution in [3.63, 3.8) is 0 Å². The molecular formula is C7H17NO. The molecule has 0 unspecified atom stereocenters. The lowest BCUT2D eigenvalue weighted by molar-refractivity contribution is 0.283. The molecule has 56 valence electrons. The maximum Gasteiger partial charge on any atom is 0.0564 e. The van der Waals surface area contributed by atoms with Crippen molar-refractivity contribution in [3.05, 3.63) is 0 Å². The van der Waals surface area contributed by atoms with Crippen LogP contribution in [0.5, 0.6) is 0 Å². The molecule has 0 saturated carbocycles. The van der Waals surface area contributed by atoms with Crippen LogP contribution in [0.2, 0.25) is 0 Å². The lowest BCUT2D eigenvalue weighted by Gasteiger charge is -2.05. The molecule has 0 radical (unpaired) electrons. The van der Waals surface area contributed by atoms with E-state index >= 15 is 0 Å². The van der Waals surface area contributed by atoms with E-state index in [0.717, 1.165) is 0 Å². The van der Waals surface area contributed by atoms with E-state index in [4.69, 9.17) is 16.1 Å². The Morgan fingerprint density at radius 1 is 1.56 bits per heavy atom. The Kier molecular flexibility index (Phi) is 1.48. The van der Waals surface area contributed by atoms with Gasteiger partial charge in [-0.05, 0) is 19.2 Å². The molecule has 0 atom stereocenters. The van der Waals surface area contributed by atoms with Gasteiger partial charge in [0, 0.05) is 20.8 Å². The van der Waals surface area contributed by atoms with E-state index in [0.29, 0.717) is 0 Å². The largest absolute Gasteiger partial charge is 0.396 e. The smallest absolute Gasteiger partial charge is 0.0564 e. The molecule has 0 heterocycles. The van der Waals surface area contributed by atoms with E-state index in [9.17, 15) is 0 Å². The molecule has 0 aliphatic carbocycles. The number of rotatable bonds is 5. The minimum Gasteiger partial charge on any atom is -0.396 e. The Morgan fingerprint density at radius 2 is 2.22 bits per heavy atom. The predicted octanol–water partition coefficient (Wildman–Crippen LogP) is 0.757. The highest BCUT2D eigenvalue weighted by molar-refractivity contribution is 4.51. The lowest BCUT2D eigenvalue weighted by Crippen LogP contribution is -2.23. The second-order valence-electron chi connectivity index (χ2n) is 1.79. The Morgan fingerprint density at radius 3 is 2.67 bits per heavy atom. The summed E-state index contributed by atoms with van der Waals surface area (Å²) in [4.78, 5) is 0. The maximum atomic E-state index is 9.00. The van der Waals surface area contributed by atoms with Crippen LogP contribution in [0.4, 0.5) is 0 Å². The first kappa shape index (κ1) is 2.21. The van der Waals surface area contributed by atoms with Crippen molar-refractivity contribution in [3.8, 4) is 0 Å². The third-order valence-electron chi connectivity index (χ3n) is 0.542. The highest BCUT2D eigenvalue weighted by Crippen LogP contribution is 1.85. The van der Waals surface area contributed by atoms with Crippen LogP contribution in [0.1, 0.15) is 37.6 Å². The van der Waals surface area contributed by atoms with Crippen molar-refractivity contribution in [1.82, 2.24) is 5.32 Å². The van der Waals surface area contributed by atoms with Crippen LogP contribution in [0.15, 0.2) is 0 Å². The van der Waals surface area contributed by atoms with Crippen molar-refractivity contribution in [2.75, 3.05) is 13.1 Å². The van der Waals surface area contributed by atoms with E-state index in [1.165, 1.54) is 13.8 Å². The van der Waals surface area contributed by atoms with E-state index in [2.05, 4.69) is 5.32 Å². The molecule has 2 nitrogen and oxygen atoms in total. The Hall–Kier alpha value is -0.0800. The van der Waals surface area contributed by atoms with Crippen molar-refractivity contribution >= 4 is 0 Å². The molecule has 0 saturated heterocycles. The van der Waals surface area contributed by atoms with Crippen LogP contribution in [0, 0.1) is 0 Å². The second-order valence-corrected chi connectivity index (χ2v) is 1.79. The zero-order valence-electron chi connectivity index (χ0n) is 13.5. The monoisotopic (exact) mass is 139 g/mol. The van der Waals surface area contributed by atoms with Crippen molar-refractivity contribution in [2.24, 2.45) is 0 Å². The third-order valence-corrected chi connectivity index (χ3v) is 0.542. The van der Waals surface area contributed by atoms with Gasteiger partial charge in [0.05, 0.1) is 2.74 Å². The lowest BCUT2D eigenvalue weighted by atomic mass is 10.3. The van der Waals surface area contributed by atoms with E-state index in [1.807, 2.05) is 0 Å². The van der Waals surface area contributed by atoms with Gasteiger partial charge >= 0.3 is 0 Å². The molecule has 0 aromatic rings. The molecule has 0 spiro atoms. The van der Waals surface area contributed by atoms with Gasteiger partial charge in [-0.25, -0.2) is 0 Å². The molecule has 2 heteroatoms. The summed E-state index contributed by atoms with van der Waals surface area (Å²) < 4.78 is 58.0. The summed E-state index contributed by atoms with van der Waals surface area (Å²) in [6.07, 6.45) is -6.67. The molecule has 0 bridgehead atoms.